The molecule has 1 aromatic carbocycles. The number of aliphatic hydroxyl groups is 1. The molecule has 0 aromatic heterocycles. The average molecular weight is 317 g/mol. The minimum atomic E-state index is -0.154. The summed E-state index contributed by atoms with van der Waals surface area (Å²) in [6.45, 7) is 2.78. The number of rotatable bonds is 2. The van der Waals surface area contributed by atoms with Crippen LogP contribution >= 0.6 is 0 Å². The van der Waals surface area contributed by atoms with Gasteiger partial charge in [-0.3, -0.25) is 0 Å². The molecule has 4 rings (SSSR count). The van der Waals surface area contributed by atoms with E-state index in [-0.39, 0.29) is 17.4 Å². The molecular weight excluding hydrogens is 290 g/mol. The Morgan fingerprint density at radius 2 is 2.09 bits per heavy atom. The van der Waals surface area contributed by atoms with Crippen molar-refractivity contribution in [2.75, 3.05) is 6.61 Å². The van der Waals surface area contributed by atoms with Crippen LogP contribution in [0.1, 0.15) is 62.0 Å². The Kier molecular flexibility index (Phi) is 3.67. The molecule has 3 aliphatic carbocycles. The van der Waals surface area contributed by atoms with Crippen LogP contribution < -0.4 is 5.90 Å². The number of aromatic hydroxyl groups is 1. The lowest BCUT2D eigenvalue weighted by Crippen LogP contribution is -2.44. The standard InChI is InChI=1S/C19H27NO3/c1-19-7-6-14-13-3-2-12(21)9-15(13)11(10-23-20)8-16(14)17(19)4-5-18(19)22/h2-3,9,11,14,16-18,21-22H,4-8,10,20H2,1H3/t11?,14-,16?,17?,18?,19?/m1/s1. The van der Waals surface area contributed by atoms with Gasteiger partial charge in [-0.25, -0.2) is 5.90 Å². The third kappa shape index (κ3) is 2.23. The average Bonchev–Trinajstić information content (AvgIpc) is 2.83. The van der Waals surface area contributed by atoms with E-state index in [0.29, 0.717) is 30.1 Å². The van der Waals surface area contributed by atoms with Crippen LogP contribution in [-0.4, -0.2) is 22.9 Å². The maximum absolute atomic E-state index is 10.5. The fourth-order valence-corrected chi connectivity index (χ4v) is 5.96. The van der Waals surface area contributed by atoms with E-state index in [1.165, 1.54) is 11.1 Å². The summed E-state index contributed by atoms with van der Waals surface area (Å²) >= 11 is 0. The fourth-order valence-electron chi connectivity index (χ4n) is 5.96. The smallest absolute Gasteiger partial charge is 0.115 e. The quantitative estimate of drug-likeness (QED) is 0.733. The van der Waals surface area contributed by atoms with Crippen molar-refractivity contribution in [3.8, 4) is 5.75 Å². The van der Waals surface area contributed by atoms with E-state index in [2.05, 4.69) is 13.0 Å². The molecule has 0 radical (unpaired) electrons. The lowest BCUT2D eigenvalue weighted by molar-refractivity contribution is -0.0283. The zero-order valence-corrected chi connectivity index (χ0v) is 13.7. The summed E-state index contributed by atoms with van der Waals surface area (Å²) in [5.74, 6) is 7.65. The number of hydrogen-bond acceptors (Lipinski definition) is 4. The van der Waals surface area contributed by atoms with Gasteiger partial charge < -0.3 is 15.1 Å². The monoisotopic (exact) mass is 317 g/mol. The summed E-state index contributed by atoms with van der Waals surface area (Å²) < 4.78 is 0. The second-order valence-corrected chi connectivity index (χ2v) is 8.09. The lowest BCUT2D eigenvalue weighted by atomic mass is 9.54. The largest absolute Gasteiger partial charge is 0.508 e. The van der Waals surface area contributed by atoms with Gasteiger partial charge in [0.25, 0.3) is 0 Å². The minimum absolute atomic E-state index is 0.0731. The Hall–Kier alpha value is -1.10. The summed E-state index contributed by atoms with van der Waals surface area (Å²) in [4.78, 5) is 4.98. The second kappa shape index (κ2) is 5.47. The van der Waals surface area contributed by atoms with Gasteiger partial charge in [0.05, 0.1) is 12.7 Å². The zero-order valence-electron chi connectivity index (χ0n) is 13.7. The van der Waals surface area contributed by atoms with E-state index in [1.807, 2.05) is 6.07 Å². The van der Waals surface area contributed by atoms with Gasteiger partial charge >= 0.3 is 0 Å². The summed E-state index contributed by atoms with van der Waals surface area (Å²) in [6, 6.07) is 5.80. The number of hydrogen-bond donors (Lipinski definition) is 3. The number of phenols is 1. The van der Waals surface area contributed by atoms with Crippen LogP contribution in [0.2, 0.25) is 0 Å². The molecule has 5 unspecified atom stereocenters. The Balaban J connectivity index is 1.74. The van der Waals surface area contributed by atoms with Gasteiger partial charge in [0, 0.05) is 5.92 Å². The highest BCUT2D eigenvalue weighted by molar-refractivity contribution is 5.42. The molecule has 4 heteroatoms. The van der Waals surface area contributed by atoms with Gasteiger partial charge in [0.15, 0.2) is 0 Å². The van der Waals surface area contributed by atoms with Gasteiger partial charge in [0.2, 0.25) is 0 Å². The lowest BCUT2D eigenvalue weighted by Gasteiger charge is -2.51. The van der Waals surface area contributed by atoms with Crippen LogP contribution in [0.3, 0.4) is 0 Å². The van der Waals surface area contributed by atoms with Gasteiger partial charge in [0.1, 0.15) is 5.75 Å². The van der Waals surface area contributed by atoms with E-state index in [9.17, 15) is 10.2 Å². The number of fused-ring (bicyclic) bond motifs is 5. The van der Waals surface area contributed by atoms with E-state index in [4.69, 9.17) is 10.7 Å². The molecule has 2 saturated carbocycles. The van der Waals surface area contributed by atoms with Gasteiger partial charge in [-0.15, -0.1) is 0 Å². The molecule has 0 saturated heterocycles. The summed E-state index contributed by atoms with van der Waals surface area (Å²) in [6.07, 6.45) is 5.18. The van der Waals surface area contributed by atoms with E-state index in [1.54, 1.807) is 6.07 Å². The van der Waals surface area contributed by atoms with Crippen molar-refractivity contribution in [1.82, 2.24) is 0 Å². The third-order valence-electron chi connectivity index (χ3n) is 7.15. The molecule has 23 heavy (non-hydrogen) atoms. The van der Waals surface area contributed by atoms with Crippen molar-refractivity contribution in [2.24, 2.45) is 23.1 Å². The normalized spacial score (nSPS) is 42.0. The molecule has 0 bridgehead atoms. The van der Waals surface area contributed by atoms with Crippen LogP contribution in [0.15, 0.2) is 18.2 Å². The first-order valence-electron chi connectivity index (χ1n) is 8.87. The highest BCUT2D eigenvalue weighted by Gasteiger charge is 2.55. The van der Waals surface area contributed by atoms with Crippen LogP contribution in [0, 0.1) is 17.3 Å². The molecule has 126 valence electrons. The maximum Gasteiger partial charge on any atom is 0.115 e. The van der Waals surface area contributed by atoms with E-state index < -0.39 is 0 Å². The van der Waals surface area contributed by atoms with Crippen LogP contribution in [0.4, 0.5) is 0 Å². The van der Waals surface area contributed by atoms with Crippen molar-refractivity contribution >= 4 is 0 Å². The van der Waals surface area contributed by atoms with Crippen molar-refractivity contribution in [2.45, 2.75) is 57.0 Å². The summed E-state index contributed by atoms with van der Waals surface area (Å²) in [7, 11) is 0. The zero-order chi connectivity index (χ0) is 16.2. The van der Waals surface area contributed by atoms with Crippen molar-refractivity contribution in [3.05, 3.63) is 29.3 Å². The molecule has 0 amide bonds. The Morgan fingerprint density at radius 3 is 2.87 bits per heavy atom. The molecule has 0 heterocycles. The van der Waals surface area contributed by atoms with Crippen molar-refractivity contribution in [1.29, 1.82) is 0 Å². The topological polar surface area (TPSA) is 75.7 Å². The molecule has 0 aliphatic heterocycles. The summed E-state index contributed by atoms with van der Waals surface area (Å²) in [5.41, 5.74) is 2.65. The first-order chi connectivity index (χ1) is 11.0. The minimum Gasteiger partial charge on any atom is -0.508 e. The highest BCUT2D eigenvalue weighted by atomic mass is 16.6. The predicted molar refractivity (Wildman–Crippen MR) is 87.9 cm³/mol. The molecular formula is C19H27NO3. The predicted octanol–water partition coefficient (Wildman–Crippen LogP) is 3.04. The van der Waals surface area contributed by atoms with Gasteiger partial charge in [-0.1, -0.05) is 13.0 Å². The van der Waals surface area contributed by atoms with Crippen LogP contribution in [0.5, 0.6) is 5.75 Å². The molecule has 0 spiro atoms. The maximum atomic E-state index is 10.5. The number of phenolic OH excluding ortho intramolecular Hbond substituents is 1. The number of aliphatic hydroxyl groups excluding tert-OH is 1. The number of benzene rings is 1. The first kappa shape index (κ1) is 15.4. The second-order valence-electron chi connectivity index (χ2n) is 8.09. The van der Waals surface area contributed by atoms with Crippen molar-refractivity contribution < 1.29 is 15.1 Å². The third-order valence-corrected chi connectivity index (χ3v) is 7.15. The van der Waals surface area contributed by atoms with Gasteiger partial charge in [-0.2, -0.15) is 0 Å². The fraction of sp³-hybridized carbons (Fsp3) is 0.684. The Labute approximate surface area is 137 Å². The highest BCUT2D eigenvalue weighted by Crippen LogP contribution is 2.62. The van der Waals surface area contributed by atoms with E-state index in [0.717, 1.165) is 32.1 Å². The first-order valence-corrected chi connectivity index (χ1v) is 8.87. The molecule has 2 fully saturated rings. The summed E-state index contributed by atoms with van der Waals surface area (Å²) in [5, 5.41) is 20.4. The molecule has 1 aromatic rings. The van der Waals surface area contributed by atoms with Crippen LogP contribution in [0.25, 0.3) is 0 Å². The van der Waals surface area contributed by atoms with Gasteiger partial charge in [-0.05, 0) is 78.5 Å². The molecule has 4 nitrogen and oxygen atoms in total. The molecule has 4 N–H and O–H groups in total. The molecule has 6 atom stereocenters. The van der Waals surface area contributed by atoms with E-state index >= 15 is 0 Å². The number of nitrogens with two attached hydrogens (primary N) is 1. The molecule has 3 aliphatic rings. The van der Waals surface area contributed by atoms with Crippen LogP contribution in [-0.2, 0) is 4.84 Å². The Bertz CT molecular complexity index is 604. The van der Waals surface area contributed by atoms with Crippen molar-refractivity contribution in [3.63, 3.8) is 0 Å². The Morgan fingerprint density at radius 1 is 1.26 bits per heavy atom. The SMILES string of the molecule is CC12CC[C@@H]3c4ccc(O)cc4C(CON)CC3C1CCC2O.